The molecular weight excluding hydrogens is 736 g/mol. The Morgan fingerprint density at radius 1 is 1.00 bits per heavy atom. The number of nitrogens with two attached hydrogens (primary N) is 1. The fourth-order valence-corrected chi connectivity index (χ4v) is 7.44. The second-order valence-electron chi connectivity index (χ2n) is 13.3. The molecule has 0 aliphatic heterocycles. The number of nitrogen functional groups attached to an aromatic ring is 1. The standard InChI is InChI=1S/C39H50F3N6O6P/c1-4-6-7-8-9-10-11-12-13-17-22-52-37(49)33(25-29-23-30(40)26-31(41)24-29)47-55(50,54-32-18-15-14-16-19-32)53-27-39(5-2,51-3)20-21-48-28-44-34-35(43)45-38(42)46-36(34)48/h2,14-16,18-19,23-24,26,28,33H,4,6-13,17,20-22,25,27H2,1,3H3,(H,47,50)(H2,43,45,46)/t33-,39-,55?/m0/s1. The molecule has 0 amide bonds. The summed E-state index contributed by atoms with van der Waals surface area (Å²) in [7, 11) is -3.23. The third kappa shape index (κ3) is 13.6. The molecule has 4 aromatic rings. The van der Waals surface area contributed by atoms with Gasteiger partial charge in [0, 0.05) is 26.1 Å². The molecule has 0 fully saturated rings. The summed E-state index contributed by atoms with van der Waals surface area (Å²) >= 11 is 0. The number of nitrogens with zero attached hydrogens (tertiary/aromatic N) is 4. The Bertz CT molecular complexity index is 1890. The number of anilines is 1. The number of aryl methyl sites for hydroxylation is 1. The largest absolute Gasteiger partial charge is 0.465 e. The highest BCUT2D eigenvalue weighted by Crippen LogP contribution is 2.46. The van der Waals surface area contributed by atoms with E-state index in [4.69, 9.17) is 30.7 Å². The minimum atomic E-state index is -4.56. The molecule has 12 nitrogen and oxygen atoms in total. The Morgan fingerprint density at radius 3 is 2.29 bits per heavy atom. The predicted octanol–water partition coefficient (Wildman–Crippen LogP) is 8.10. The number of hydrogen-bond acceptors (Lipinski definition) is 10. The van der Waals surface area contributed by atoms with Crippen LogP contribution in [-0.4, -0.2) is 57.5 Å². The molecule has 0 radical (unpaired) electrons. The van der Waals surface area contributed by atoms with Gasteiger partial charge in [0.1, 0.15) is 28.9 Å². The van der Waals surface area contributed by atoms with Crippen LogP contribution in [0.5, 0.6) is 5.75 Å². The summed E-state index contributed by atoms with van der Waals surface area (Å²) in [5.74, 6) is -0.00464. The Hall–Kier alpha value is -4.48. The Kier molecular flexibility index (Phi) is 17.0. The van der Waals surface area contributed by atoms with Gasteiger partial charge in [-0.15, -0.1) is 6.42 Å². The summed E-state index contributed by atoms with van der Waals surface area (Å²) < 4.78 is 81.6. The first-order valence-corrected chi connectivity index (χ1v) is 20.1. The van der Waals surface area contributed by atoms with Crippen LogP contribution in [0.3, 0.4) is 0 Å². The van der Waals surface area contributed by atoms with E-state index in [2.05, 4.69) is 32.9 Å². The summed E-state index contributed by atoms with van der Waals surface area (Å²) in [6, 6.07) is 9.46. The molecule has 2 aromatic carbocycles. The van der Waals surface area contributed by atoms with Gasteiger partial charge in [-0.05, 0) is 42.7 Å². The van der Waals surface area contributed by atoms with Gasteiger partial charge < -0.3 is 24.3 Å². The predicted molar refractivity (Wildman–Crippen MR) is 203 cm³/mol. The van der Waals surface area contributed by atoms with Gasteiger partial charge in [0.05, 0.1) is 19.5 Å². The maximum absolute atomic E-state index is 14.6. The number of imidazole rings is 1. The van der Waals surface area contributed by atoms with Crippen molar-refractivity contribution in [2.75, 3.05) is 26.1 Å². The first kappa shape index (κ1) is 43.3. The van der Waals surface area contributed by atoms with Gasteiger partial charge >= 0.3 is 19.8 Å². The second kappa shape index (κ2) is 21.6. The number of fused-ring (bicyclic) bond motifs is 1. The highest BCUT2D eigenvalue weighted by atomic mass is 31.2. The van der Waals surface area contributed by atoms with Crippen LogP contribution in [0.25, 0.3) is 11.2 Å². The summed E-state index contributed by atoms with van der Waals surface area (Å²) in [4.78, 5) is 25.0. The molecule has 0 aliphatic rings. The number of esters is 1. The molecule has 2 aromatic heterocycles. The fraction of sp³-hybridized carbons (Fsp3) is 0.487. The molecule has 4 rings (SSSR count). The quantitative estimate of drug-likeness (QED) is 0.0220. The van der Waals surface area contributed by atoms with Crippen LogP contribution in [0.2, 0.25) is 0 Å². The smallest absolute Gasteiger partial charge is 0.459 e. The van der Waals surface area contributed by atoms with Crippen LogP contribution in [0.1, 0.15) is 83.1 Å². The van der Waals surface area contributed by atoms with Gasteiger partial charge in [-0.2, -0.15) is 19.4 Å². The molecule has 0 aliphatic carbocycles. The summed E-state index contributed by atoms with van der Waals surface area (Å²) in [6.45, 7) is 1.84. The van der Waals surface area contributed by atoms with Gasteiger partial charge in [0.25, 0.3) is 0 Å². The molecule has 3 N–H and O–H groups in total. The molecule has 0 saturated heterocycles. The molecule has 0 saturated carbocycles. The van der Waals surface area contributed by atoms with Crippen LogP contribution in [0.4, 0.5) is 19.0 Å². The van der Waals surface area contributed by atoms with E-state index in [1.165, 1.54) is 62.2 Å². The molecule has 3 atom stereocenters. The van der Waals surface area contributed by atoms with Crippen molar-refractivity contribution in [1.82, 2.24) is 24.6 Å². The van der Waals surface area contributed by atoms with E-state index in [0.29, 0.717) is 12.5 Å². The monoisotopic (exact) mass is 786 g/mol. The van der Waals surface area contributed by atoms with Crippen molar-refractivity contribution in [3.8, 4) is 18.1 Å². The zero-order valence-electron chi connectivity index (χ0n) is 31.4. The van der Waals surface area contributed by atoms with Crippen LogP contribution in [0, 0.1) is 30.1 Å². The fourth-order valence-electron chi connectivity index (χ4n) is 5.91. The third-order valence-electron chi connectivity index (χ3n) is 9.01. The van der Waals surface area contributed by atoms with Gasteiger partial charge in [-0.25, -0.2) is 18.3 Å². The Morgan fingerprint density at radius 2 is 1.65 bits per heavy atom. The van der Waals surface area contributed by atoms with E-state index in [-0.39, 0.29) is 54.3 Å². The molecule has 16 heteroatoms. The van der Waals surface area contributed by atoms with E-state index in [1.807, 2.05) is 0 Å². The van der Waals surface area contributed by atoms with E-state index in [0.717, 1.165) is 37.8 Å². The average molecular weight is 787 g/mol. The van der Waals surface area contributed by atoms with Crippen molar-refractivity contribution in [2.24, 2.45) is 0 Å². The van der Waals surface area contributed by atoms with Crippen LogP contribution >= 0.6 is 7.75 Å². The minimum Gasteiger partial charge on any atom is -0.465 e. The lowest BCUT2D eigenvalue weighted by Gasteiger charge is -2.30. The van der Waals surface area contributed by atoms with Gasteiger partial charge in [0.15, 0.2) is 17.1 Å². The Labute approximate surface area is 320 Å². The number of nitrogens with one attached hydrogen (secondary N) is 1. The number of aromatic nitrogens is 4. The highest BCUT2D eigenvalue weighted by Gasteiger charge is 2.39. The third-order valence-corrected chi connectivity index (χ3v) is 10.6. The first-order valence-electron chi connectivity index (χ1n) is 18.5. The normalized spacial score (nSPS) is 14.2. The lowest BCUT2D eigenvalue weighted by atomic mass is 10.0. The molecule has 2 heterocycles. The second-order valence-corrected chi connectivity index (χ2v) is 15.0. The summed E-state index contributed by atoms with van der Waals surface area (Å²) in [5.41, 5.74) is 4.67. The number of carbonyl (C=O) groups is 1. The van der Waals surface area contributed by atoms with Crippen molar-refractivity contribution in [1.29, 1.82) is 0 Å². The summed E-state index contributed by atoms with van der Waals surface area (Å²) in [5, 5.41) is 2.66. The van der Waals surface area contributed by atoms with Crippen molar-refractivity contribution >= 4 is 30.7 Å². The van der Waals surface area contributed by atoms with Crippen LogP contribution in [-0.2, 0) is 36.3 Å². The molecule has 0 spiro atoms. The topological polar surface area (TPSA) is 153 Å². The van der Waals surface area contributed by atoms with Crippen LogP contribution in [0.15, 0.2) is 54.9 Å². The van der Waals surface area contributed by atoms with Crippen LogP contribution < -0.4 is 15.3 Å². The lowest BCUT2D eigenvalue weighted by Crippen LogP contribution is -2.42. The zero-order chi connectivity index (χ0) is 39.7. The first-order chi connectivity index (χ1) is 26.5. The number of hydrogen-bond donors (Lipinski definition) is 2. The number of unbranched alkanes of at least 4 members (excludes halogenated alkanes) is 9. The van der Waals surface area contributed by atoms with E-state index < -0.39 is 49.7 Å². The summed E-state index contributed by atoms with van der Waals surface area (Å²) in [6.07, 6.45) is 16.9. The molecular formula is C39H50F3N6O6P. The molecule has 55 heavy (non-hydrogen) atoms. The van der Waals surface area contributed by atoms with Crippen molar-refractivity contribution < 1.29 is 41.1 Å². The number of halogens is 3. The van der Waals surface area contributed by atoms with Crippen molar-refractivity contribution in [2.45, 2.75) is 102 Å². The maximum Gasteiger partial charge on any atom is 0.459 e. The minimum absolute atomic E-state index is 0.0230. The SMILES string of the molecule is C#C[C@](CCn1cnc2c(N)nc(F)nc21)(COP(=O)(N[C@@H](Cc1cc(F)cc(F)c1)C(=O)OCCCCCCCCCCCC)Oc1ccccc1)OC. The molecule has 0 bridgehead atoms. The number of carbonyl (C=O) groups excluding carboxylic acids is 1. The number of ether oxygens (including phenoxy) is 2. The number of methoxy groups -OCH3 is 1. The zero-order valence-corrected chi connectivity index (χ0v) is 32.2. The van der Waals surface area contributed by atoms with E-state index >= 15 is 0 Å². The lowest BCUT2D eigenvalue weighted by molar-refractivity contribution is -0.146. The number of benzene rings is 2. The van der Waals surface area contributed by atoms with E-state index in [1.54, 1.807) is 18.2 Å². The molecule has 298 valence electrons. The number of para-hydroxylation sites is 1. The van der Waals surface area contributed by atoms with E-state index in [9.17, 15) is 22.5 Å². The Balaban J connectivity index is 1.49. The van der Waals surface area contributed by atoms with Gasteiger partial charge in [-0.1, -0.05) is 88.8 Å². The number of terminal acetylenes is 1. The van der Waals surface area contributed by atoms with Crippen molar-refractivity contribution in [3.05, 3.63) is 78.1 Å². The molecule has 1 unspecified atom stereocenters. The van der Waals surface area contributed by atoms with Crippen molar-refractivity contribution in [3.63, 3.8) is 0 Å². The highest BCUT2D eigenvalue weighted by molar-refractivity contribution is 7.52. The average Bonchev–Trinajstić information content (AvgIpc) is 3.57. The van der Waals surface area contributed by atoms with Gasteiger partial charge in [0.2, 0.25) is 0 Å². The van der Waals surface area contributed by atoms with Gasteiger partial charge in [-0.3, -0.25) is 9.32 Å². The number of rotatable bonds is 25. The maximum atomic E-state index is 14.6.